The third-order valence-corrected chi connectivity index (χ3v) is 2.83. The van der Waals surface area contributed by atoms with Crippen LogP contribution >= 0.6 is 11.6 Å². The van der Waals surface area contributed by atoms with Crippen LogP contribution in [0.4, 0.5) is 14.9 Å². The Morgan fingerprint density at radius 2 is 2.15 bits per heavy atom. The van der Waals surface area contributed by atoms with E-state index in [1.807, 2.05) is 0 Å². The van der Waals surface area contributed by atoms with Crippen LogP contribution in [0.3, 0.4) is 0 Å². The minimum absolute atomic E-state index is 0.0663. The number of carbonyl (C=O) groups excluding carboxylic acids is 1. The molecule has 0 aromatic heterocycles. The summed E-state index contributed by atoms with van der Waals surface area (Å²) >= 11 is 5.19. The summed E-state index contributed by atoms with van der Waals surface area (Å²) < 4.78 is 18.4. The highest BCUT2D eigenvalue weighted by atomic mass is 35.5. The minimum atomic E-state index is -3.34. The molecular formula is C12H14ClFN2O4. The molecular weight excluding hydrogens is 291 g/mol. The Morgan fingerprint density at radius 3 is 2.65 bits per heavy atom. The topological polar surface area (TPSA) is 81.5 Å². The molecule has 0 aliphatic heterocycles. The van der Waals surface area contributed by atoms with Gasteiger partial charge in [0, 0.05) is 17.3 Å². The largest absolute Gasteiger partial charge is 0.474 e. The molecule has 1 aromatic rings. The SMILES string of the molecule is CCCC(OC(=O)Nc1ccccc1)C(F)(Cl)[N+](=O)[O-]. The van der Waals surface area contributed by atoms with Gasteiger partial charge in [0.1, 0.15) is 0 Å². The monoisotopic (exact) mass is 304 g/mol. The maximum Gasteiger partial charge on any atom is 0.474 e. The van der Waals surface area contributed by atoms with Crippen molar-refractivity contribution in [2.45, 2.75) is 31.1 Å². The molecule has 0 saturated carbocycles. The van der Waals surface area contributed by atoms with Crippen molar-refractivity contribution in [3.63, 3.8) is 0 Å². The molecule has 0 aliphatic rings. The van der Waals surface area contributed by atoms with Crippen molar-refractivity contribution in [3.05, 3.63) is 40.4 Å². The number of benzene rings is 1. The molecule has 1 aromatic carbocycles. The van der Waals surface area contributed by atoms with Crippen molar-refractivity contribution < 1.29 is 18.8 Å². The lowest BCUT2D eigenvalue weighted by molar-refractivity contribution is -0.587. The van der Waals surface area contributed by atoms with Crippen molar-refractivity contribution in [2.24, 2.45) is 0 Å². The summed E-state index contributed by atoms with van der Waals surface area (Å²) in [6.45, 7) is 1.67. The van der Waals surface area contributed by atoms with Gasteiger partial charge < -0.3 is 4.74 Å². The maximum atomic E-state index is 13.7. The summed E-state index contributed by atoms with van der Waals surface area (Å²) in [5.41, 5.74) is 0.424. The van der Waals surface area contributed by atoms with Crippen molar-refractivity contribution in [1.29, 1.82) is 0 Å². The molecule has 0 aliphatic carbocycles. The molecule has 0 heterocycles. The van der Waals surface area contributed by atoms with Crippen LogP contribution in [-0.2, 0) is 4.74 Å². The average Bonchev–Trinajstić information content (AvgIpc) is 2.39. The second-order valence-corrected chi connectivity index (χ2v) is 4.55. The first kappa shape index (κ1) is 16.2. The first-order chi connectivity index (χ1) is 9.37. The standard InChI is InChI=1S/C12H14ClFN2O4/c1-2-6-10(12(13,14)16(18)19)20-11(17)15-9-7-4-3-5-8-9/h3-5,7-8,10H,2,6H2,1H3,(H,15,17). The Hall–Kier alpha value is -1.89. The minimum Gasteiger partial charge on any atom is -0.433 e. The first-order valence-electron chi connectivity index (χ1n) is 5.93. The van der Waals surface area contributed by atoms with Gasteiger partial charge in [-0.1, -0.05) is 31.5 Å². The van der Waals surface area contributed by atoms with E-state index in [9.17, 15) is 19.3 Å². The van der Waals surface area contributed by atoms with Crippen LogP contribution in [0.2, 0.25) is 0 Å². The van der Waals surface area contributed by atoms with Gasteiger partial charge in [0.2, 0.25) is 6.10 Å². The van der Waals surface area contributed by atoms with Gasteiger partial charge in [-0.15, -0.1) is 4.39 Å². The normalized spacial score (nSPS) is 14.9. The summed E-state index contributed by atoms with van der Waals surface area (Å²) in [4.78, 5) is 20.8. The number of ether oxygens (including phenoxy) is 1. The smallest absolute Gasteiger partial charge is 0.433 e. The fourth-order valence-corrected chi connectivity index (χ4v) is 1.63. The lowest BCUT2D eigenvalue weighted by Crippen LogP contribution is -2.43. The van der Waals surface area contributed by atoms with Gasteiger partial charge in [0.25, 0.3) is 0 Å². The lowest BCUT2D eigenvalue weighted by Gasteiger charge is -2.21. The number of rotatable bonds is 6. The number of nitro groups is 1. The second-order valence-electron chi connectivity index (χ2n) is 4.02. The highest BCUT2D eigenvalue weighted by molar-refractivity contribution is 6.22. The Kier molecular flexibility index (Phi) is 5.69. The number of anilines is 1. The number of hydrogen-bond donors (Lipinski definition) is 1. The molecule has 8 heteroatoms. The van der Waals surface area contributed by atoms with Crippen LogP contribution in [0.15, 0.2) is 30.3 Å². The molecule has 110 valence electrons. The van der Waals surface area contributed by atoms with Gasteiger partial charge in [0.15, 0.2) is 0 Å². The molecule has 2 unspecified atom stereocenters. The zero-order chi connectivity index (χ0) is 15.2. The van der Waals surface area contributed by atoms with Gasteiger partial charge in [-0.05, 0) is 18.6 Å². The number of alkyl halides is 2. The number of hydrogen-bond acceptors (Lipinski definition) is 4. The fraction of sp³-hybridized carbons (Fsp3) is 0.417. The van der Waals surface area contributed by atoms with E-state index in [4.69, 9.17) is 16.3 Å². The average molecular weight is 305 g/mol. The van der Waals surface area contributed by atoms with Crippen LogP contribution in [0.1, 0.15) is 19.8 Å². The van der Waals surface area contributed by atoms with Crippen molar-refractivity contribution >= 4 is 23.4 Å². The zero-order valence-electron chi connectivity index (χ0n) is 10.7. The highest BCUT2D eigenvalue weighted by Gasteiger charge is 2.52. The van der Waals surface area contributed by atoms with Gasteiger partial charge >= 0.3 is 11.3 Å². The molecule has 1 rings (SSSR count). The van der Waals surface area contributed by atoms with Gasteiger partial charge in [0.05, 0.1) is 4.92 Å². The quantitative estimate of drug-likeness (QED) is 0.377. The number of para-hydroxylation sites is 1. The predicted octanol–water partition coefficient (Wildman–Crippen LogP) is 3.54. The van der Waals surface area contributed by atoms with Crippen LogP contribution in [0.25, 0.3) is 0 Å². The van der Waals surface area contributed by atoms with E-state index in [2.05, 4.69) is 5.32 Å². The molecule has 1 amide bonds. The van der Waals surface area contributed by atoms with Crippen molar-refractivity contribution in [2.75, 3.05) is 5.32 Å². The van der Waals surface area contributed by atoms with E-state index in [1.165, 1.54) is 0 Å². The molecule has 0 saturated heterocycles. The lowest BCUT2D eigenvalue weighted by atomic mass is 10.2. The summed E-state index contributed by atoms with van der Waals surface area (Å²) in [6, 6.07) is 8.28. The molecule has 1 N–H and O–H groups in total. The van der Waals surface area contributed by atoms with Crippen LogP contribution in [0, 0.1) is 10.1 Å². The Bertz CT molecular complexity index is 470. The Labute approximate surface area is 120 Å². The summed E-state index contributed by atoms with van der Waals surface area (Å²) in [5.74, 6) is 0. The van der Waals surface area contributed by atoms with Gasteiger partial charge in [-0.3, -0.25) is 15.4 Å². The summed E-state index contributed by atoms with van der Waals surface area (Å²) in [5, 5.41) is 9.55. The maximum absolute atomic E-state index is 13.7. The number of carbonyl (C=O) groups is 1. The van der Waals surface area contributed by atoms with Crippen LogP contribution < -0.4 is 5.32 Å². The summed E-state index contributed by atoms with van der Waals surface area (Å²) in [7, 11) is 0. The molecule has 20 heavy (non-hydrogen) atoms. The molecule has 0 spiro atoms. The number of nitrogens with one attached hydrogen (secondary N) is 1. The van der Waals surface area contributed by atoms with Crippen LogP contribution in [0.5, 0.6) is 0 Å². The van der Waals surface area contributed by atoms with Crippen molar-refractivity contribution in [3.8, 4) is 0 Å². The first-order valence-corrected chi connectivity index (χ1v) is 6.30. The molecule has 0 bridgehead atoms. The van der Waals surface area contributed by atoms with E-state index in [-0.39, 0.29) is 6.42 Å². The number of halogens is 2. The number of nitrogens with zero attached hydrogens (tertiary/aromatic N) is 1. The third kappa shape index (κ3) is 4.34. The van der Waals surface area contributed by atoms with E-state index in [1.54, 1.807) is 37.3 Å². The van der Waals surface area contributed by atoms with Crippen molar-refractivity contribution in [1.82, 2.24) is 0 Å². The fourth-order valence-electron chi connectivity index (χ4n) is 1.48. The molecule has 0 fully saturated rings. The van der Waals surface area contributed by atoms with E-state index < -0.39 is 22.4 Å². The van der Waals surface area contributed by atoms with Gasteiger partial charge in [-0.2, -0.15) is 0 Å². The Morgan fingerprint density at radius 1 is 1.55 bits per heavy atom. The second kappa shape index (κ2) is 7.04. The number of amides is 1. The zero-order valence-corrected chi connectivity index (χ0v) is 11.5. The molecule has 0 radical (unpaired) electrons. The molecule has 2 atom stereocenters. The van der Waals surface area contributed by atoms with Gasteiger partial charge in [-0.25, -0.2) is 4.79 Å². The van der Waals surface area contributed by atoms with E-state index in [0.717, 1.165) is 0 Å². The van der Waals surface area contributed by atoms with E-state index >= 15 is 0 Å². The Balaban J connectivity index is 2.71. The molecule has 6 nitrogen and oxygen atoms in total. The summed E-state index contributed by atoms with van der Waals surface area (Å²) in [6.07, 6.45) is -2.37. The highest BCUT2D eigenvalue weighted by Crippen LogP contribution is 2.28. The van der Waals surface area contributed by atoms with E-state index in [0.29, 0.717) is 12.1 Å². The predicted molar refractivity (Wildman–Crippen MR) is 71.9 cm³/mol. The van der Waals surface area contributed by atoms with Crippen LogP contribution in [-0.4, -0.2) is 22.4 Å². The third-order valence-electron chi connectivity index (χ3n) is 2.45.